The van der Waals surface area contributed by atoms with Gasteiger partial charge in [-0.1, -0.05) is 43.3 Å². The molecule has 0 bridgehead atoms. The second kappa shape index (κ2) is 9.41. The first-order chi connectivity index (χ1) is 11.8. The normalized spacial score (nSPS) is 11.3. The largest absolute Gasteiger partial charge is 0.370 e. The van der Waals surface area contributed by atoms with Crippen molar-refractivity contribution < 1.29 is 0 Å². The number of nitrogens with two attached hydrogens (primary N) is 1. The molecule has 2 aromatic carbocycles. The second-order valence-corrected chi connectivity index (χ2v) is 5.81. The van der Waals surface area contributed by atoms with Gasteiger partial charge in [-0.2, -0.15) is 0 Å². The SMILES string of the molecule is CCCNC(N)=NCc1ccc(Cn2cnc3ccccc32)cc1.I. The highest BCUT2D eigenvalue weighted by Crippen LogP contribution is 2.14. The zero-order valence-electron chi connectivity index (χ0n) is 14.4. The van der Waals surface area contributed by atoms with E-state index in [-0.39, 0.29) is 24.0 Å². The van der Waals surface area contributed by atoms with Gasteiger partial charge in [0.05, 0.1) is 23.9 Å². The number of halogens is 1. The monoisotopic (exact) mass is 449 g/mol. The maximum atomic E-state index is 5.81. The maximum absolute atomic E-state index is 5.81. The quantitative estimate of drug-likeness (QED) is 0.344. The standard InChI is InChI=1S/C19H23N5.HI/c1-2-11-21-19(20)22-12-15-7-9-16(10-8-15)13-24-14-23-17-5-3-4-6-18(17)24;/h3-10,14H,2,11-13H2,1H3,(H3,20,21,22);1H. The molecule has 0 spiro atoms. The zero-order valence-corrected chi connectivity index (χ0v) is 16.7. The van der Waals surface area contributed by atoms with Crippen molar-refractivity contribution >= 4 is 41.0 Å². The first-order valence-electron chi connectivity index (χ1n) is 8.27. The molecule has 3 rings (SSSR count). The van der Waals surface area contributed by atoms with Crippen LogP contribution >= 0.6 is 24.0 Å². The van der Waals surface area contributed by atoms with Gasteiger partial charge in [-0.15, -0.1) is 24.0 Å². The topological polar surface area (TPSA) is 68.2 Å². The second-order valence-electron chi connectivity index (χ2n) is 5.81. The summed E-state index contributed by atoms with van der Waals surface area (Å²) in [5, 5.41) is 3.08. The highest BCUT2D eigenvalue weighted by Gasteiger charge is 2.02. The molecule has 3 N–H and O–H groups in total. The molecule has 0 aliphatic heterocycles. The van der Waals surface area contributed by atoms with E-state index in [1.165, 1.54) is 5.56 Å². The van der Waals surface area contributed by atoms with E-state index in [1.807, 2.05) is 24.5 Å². The average Bonchev–Trinajstić information content (AvgIpc) is 3.02. The Morgan fingerprint density at radius 2 is 1.84 bits per heavy atom. The van der Waals surface area contributed by atoms with Crippen LogP contribution in [0.2, 0.25) is 0 Å². The van der Waals surface area contributed by atoms with Crippen LogP contribution in [-0.2, 0) is 13.1 Å². The highest BCUT2D eigenvalue weighted by molar-refractivity contribution is 14.0. The van der Waals surface area contributed by atoms with Crippen molar-refractivity contribution in [3.8, 4) is 0 Å². The number of guanidine groups is 1. The summed E-state index contributed by atoms with van der Waals surface area (Å²) in [6.07, 6.45) is 2.93. The van der Waals surface area contributed by atoms with Gasteiger partial charge in [0.25, 0.3) is 0 Å². The van der Waals surface area contributed by atoms with Gasteiger partial charge in [0, 0.05) is 13.1 Å². The summed E-state index contributed by atoms with van der Waals surface area (Å²) in [6.45, 7) is 4.36. The van der Waals surface area contributed by atoms with E-state index >= 15 is 0 Å². The van der Waals surface area contributed by atoms with Crippen molar-refractivity contribution in [2.24, 2.45) is 10.7 Å². The lowest BCUT2D eigenvalue weighted by Crippen LogP contribution is -2.32. The predicted octanol–water partition coefficient (Wildman–Crippen LogP) is 3.52. The zero-order chi connectivity index (χ0) is 16.8. The lowest BCUT2D eigenvalue weighted by Gasteiger charge is -2.06. The minimum absolute atomic E-state index is 0. The molecular weight excluding hydrogens is 425 g/mol. The minimum atomic E-state index is 0. The molecular formula is C19H24IN5. The van der Waals surface area contributed by atoms with Crippen molar-refractivity contribution in [1.29, 1.82) is 0 Å². The molecule has 5 nitrogen and oxygen atoms in total. The third-order valence-electron chi connectivity index (χ3n) is 3.89. The summed E-state index contributed by atoms with van der Waals surface area (Å²) in [7, 11) is 0. The summed E-state index contributed by atoms with van der Waals surface area (Å²) in [5.74, 6) is 0.505. The fraction of sp³-hybridized carbons (Fsp3) is 0.263. The summed E-state index contributed by atoms with van der Waals surface area (Å²) >= 11 is 0. The molecule has 0 amide bonds. The molecule has 3 aromatic rings. The number of aliphatic imine (C=N–C) groups is 1. The Bertz CT molecular complexity index is 823. The van der Waals surface area contributed by atoms with E-state index in [1.54, 1.807) is 0 Å². The van der Waals surface area contributed by atoms with Crippen LogP contribution in [0.15, 0.2) is 59.9 Å². The Balaban J connectivity index is 0.00000225. The van der Waals surface area contributed by atoms with Crippen LogP contribution in [0.3, 0.4) is 0 Å². The number of aromatic nitrogens is 2. The van der Waals surface area contributed by atoms with Gasteiger partial charge < -0.3 is 15.6 Å². The van der Waals surface area contributed by atoms with Crippen LogP contribution in [0.1, 0.15) is 24.5 Å². The van der Waals surface area contributed by atoms with Crippen molar-refractivity contribution in [1.82, 2.24) is 14.9 Å². The van der Waals surface area contributed by atoms with E-state index < -0.39 is 0 Å². The van der Waals surface area contributed by atoms with Crippen molar-refractivity contribution in [2.75, 3.05) is 6.54 Å². The lowest BCUT2D eigenvalue weighted by molar-refractivity contribution is 0.821. The predicted molar refractivity (Wildman–Crippen MR) is 114 cm³/mol. The summed E-state index contributed by atoms with van der Waals surface area (Å²) < 4.78 is 2.16. The summed E-state index contributed by atoms with van der Waals surface area (Å²) in [4.78, 5) is 8.78. The molecule has 1 heterocycles. The van der Waals surface area contributed by atoms with Gasteiger partial charge in [0.2, 0.25) is 0 Å². The third-order valence-corrected chi connectivity index (χ3v) is 3.89. The number of benzene rings is 2. The Morgan fingerprint density at radius 3 is 2.60 bits per heavy atom. The van der Waals surface area contributed by atoms with Crippen LogP contribution in [-0.4, -0.2) is 22.1 Å². The molecule has 0 fully saturated rings. The maximum Gasteiger partial charge on any atom is 0.188 e. The fourth-order valence-corrected chi connectivity index (χ4v) is 2.57. The Kier molecular flexibility index (Phi) is 7.24. The summed E-state index contributed by atoms with van der Waals surface area (Å²) in [6, 6.07) is 16.6. The smallest absolute Gasteiger partial charge is 0.188 e. The number of imidazole rings is 1. The van der Waals surface area contributed by atoms with Gasteiger partial charge in [0.1, 0.15) is 0 Å². The Hall–Kier alpha value is -2.09. The molecule has 0 atom stereocenters. The van der Waals surface area contributed by atoms with E-state index in [0.717, 1.165) is 36.1 Å². The molecule has 132 valence electrons. The molecule has 0 aliphatic carbocycles. The van der Waals surface area contributed by atoms with Gasteiger partial charge >= 0.3 is 0 Å². The van der Waals surface area contributed by atoms with Gasteiger partial charge in [0.15, 0.2) is 5.96 Å². The van der Waals surface area contributed by atoms with E-state index in [4.69, 9.17) is 5.73 Å². The van der Waals surface area contributed by atoms with Gasteiger partial charge in [-0.25, -0.2) is 9.98 Å². The highest BCUT2D eigenvalue weighted by atomic mass is 127. The lowest BCUT2D eigenvalue weighted by atomic mass is 10.1. The number of para-hydroxylation sites is 2. The van der Waals surface area contributed by atoms with E-state index in [0.29, 0.717) is 12.5 Å². The number of fused-ring (bicyclic) bond motifs is 1. The number of nitrogens with one attached hydrogen (secondary N) is 1. The Labute approximate surface area is 165 Å². The molecule has 6 heteroatoms. The van der Waals surface area contributed by atoms with Crippen molar-refractivity contribution in [2.45, 2.75) is 26.4 Å². The third kappa shape index (κ3) is 5.19. The van der Waals surface area contributed by atoms with Crippen LogP contribution in [0, 0.1) is 0 Å². The van der Waals surface area contributed by atoms with Crippen molar-refractivity contribution in [3.63, 3.8) is 0 Å². The molecule has 0 saturated carbocycles. The van der Waals surface area contributed by atoms with E-state index in [2.05, 4.69) is 57.1 Å². The molecule has 0 radical (unpaired) electrons. The molecule has 0 aliphatic rings. The minimum Gasteiger partial charge on any atom is -0.370 e. The first kappa shape index (κ1) is 19.2. The first-order valence-corrected chi connectivity index (χ1v) is 8.27. The van der Waals surface area contributed by atoms with E-state index in [9.17, 15) is 0 Å². The Morgan fingerprint density at radius 1 is 1.12 bits per heavy atom. The van der Waals surface area contributed by atoms with Crippen LogP contribution < -0.4 is 11.1 Å². The molecule has 0 saturated heterocycles. The average molecular weight is 449 g/mol. The number of nitrogens with zero attached hydrogens (tertiary/aromatic N) is 3. The van der Waals surface area contributed by atoms with Crippen LogP contribution in [0.5, 0.6) is 0 Å². The molecule has 0 unspecified atom stereocenters. The molecule has 1 aromatic heterocycles. The van der Waals surface area contributed by atoms with Crippen molar-refractivity contribution in [3.05, 3.63) is 66.0 Å². The fourth-order valence-electron chi connectivity index (χ4n) is 2.57. The van der Waals surface area contributed by atoms with Gasteiger partial charge in [-0.05, 0) is 29.7 Å². The summed E-state index contributed by atoms with van der Waals surface area (Å²) in [5.41, 5.74) is 10.4. The number of hydrogen-bond donors (Lipinski definition) is 2. The number of rotatable bonds is 6. The van der Waals surface area contributed by atoms with Gasteiger partial charge in [-0.3, -0.25) is 0 Å². The number of hydrogen-bond acceptors (Lipinski definition) is 2. The molecule has 25 heavy (non-hydrogen) atoms. The van der Waals surface area contributed by atoms with Crippen LogP contribution in [0.4, 0.5) is 0 Å². The van der Waals surface area contributed by atoms with Crippen LogP contribution in [0.25, 0.3) is 11.0 Å².